The average molecular weight is 429 g/mol. The zero-order valence-corrected chi connectivity index (χ0v) is 16.6. The Labute approximate surface area is 174 Å². The van der Waals surface area contributed by atoms with E-state index in [2.05, 4.69) is 25.6 Å². The Morgan fingerprint density at radius 3 is 2.61 bits per heavy atom. The molecule has 0 aliphatic carbocycles. The Morgan fingerprint density at radius 2 is 1.94 bits per heavy atom. The topological polar surface area (TPSA) is 90.0 Å². The normalized spacial score (nSPS) is 11.9. The lowest BCUT2D eigenvalue weighted by Gasteiger charge is -2.13. The molecular formula is C20H18F3N7O. The third-order valence-corrected chi connectivity index (χ3v) is 4.68. The van der Waals surface area contributed by atoms with Gasteiger partial charge in [0.1, 0.15) is 0 Å². The summed E-state index contributed by atoms with van der Waals surface area (Å²) in [6, 6.07) is 7.64. The molecule has 0 unspecified atom stereocenters. The number of halogens is 3. The van der Waals surface area contributed by atoms with E-state index in [0.717, 1.165) is 12.3 Å². The lowest BCUT2D eigenvalue weighted by Crippen LogP contribution is -2.25. The SMILES string of the molecule is CC(C)c1c(C(=O)NCc2nnc3ccccn23)cnn1-c1ccc(C(F)(F)F)cn1. The average Bonchev–Trinajstić information content (AvgIpc) is 3.36. The fourth-order valence-corrected chi connectivity index (χ4v) is 3.22. The van der Waals surface area contributed by atoms with Gasteiger partial charge in [0, 0.05) is 12.4 Å². The van der Waals surface area contributed by atoms with Crippen molar-refractivity contribution in [1.29, 1.82) is 0 Å². The largest absolute Gasteiger partial charge is 0.417 e. The molecule has 0 radical (unpaired) electrons. The minimum atomic E-state index is -4.48. The fraction of sp³-hybridized carbons (Fsp3) is 0.250. The molecule has 0 aromatic carbocycles. The van der Waals surface area contributed by atoms with Gasteiger partial charge in [0.05, 0.1) is 29.6 Å². The molecule has 0 spiro atoms. The Balaban J connectivity index is 1.59. The molecule has 0 aliphatic heterocycles. The highest BCUT2D eigenvalue weighted by Crippen LogP contribution is 2.29. The van der Waals surface area contributed by atoms with Crippen molar-refractivity contribution in [3.05, 3.63) is 71.6 Å². The second-order valence-electron chi connectivity index (χ2n) is 7.14. The van der Waals surface area contributed by atoms with Crippen molar-refractivity contribution in [2.24, 2.45) is 0 Å². The summed E-state index contributed by atoms with van der Waals surface area (Å²) in [5, 5.41) is 15.1. The van der Waals surface area contributed by atoms with E-state index in [-0.39, 0.29) is 24.2 Å². The van der Waals surface area contributed by atoms with Crippen molar-refractivity contribution in [2.45, 2.75) is 32.5 Å². The molecule has 0 fully saturated rings. The summed E-state index contributed by atoms with van der Waals surface area (Å²) in [6.45, 7) is 3.87. The third-order valence-electron chi connectivity index (χ3n) is 4.68. The van der Waals surface area contributed by atoms with Crippen molar-refractivity contribution in [3.63, 3.8) is 0 Å². The van der Waals surface area contributed by atoms with Crippen LogP contribution in [0.15, 0.2) is 48.9 Å². The number of hydrogen-bond acceptors (Lipinski definition) is 5. The molecule has 31 heavy (non-hydrogen) atoms. The lowest BCUT2D eigenvalue weighted by molar-refractivity contribution is -0.137. The minimum Gasteiger partial charge on any atom is -0.345 e. The van der Waals surface area contributed by atoms with E-state index in [9.17, 15) is 18.0 Å². The first-order valence-corrected chi connectivity index (χ1v) is 9.44. The van der Waals surface area contributed by atoms with Gasteiger partial charge >= 0.3 is 6.18 Å². The first kappa shape index (κ1) is 20.5. The number of amides is 1. The number of nitrogens with one attached hydrogen (secondary N) is 1. The quantitative estimate of drug-likeness (QED) is 0.525. The van der Waals surface area contributed by atoms with Gasteiger partial charge in [-0.05, 0) is 30.2 Å². The van der Waals surface area contributed by atoms with E-state index in [0.29, 0.717) is 22.7 Å². The molecule has 4 rings (SSSR count). The van der Waals surface area contributed by atoms with Crippen molar-refractivity contribution in [1.82, 2.24) is 34.7 Å². The molecule has 4 heterocycles. The van der Waals surface area contributed by atoms with Gasteiger partial charge in [-0.1, -0.05) is 19.9 Å². The van der Waals surface area contributed by atoms with Crippen LogP contribution >= 0.6 is 0 Å². The number of pyridine rings is 2. The zero-order valence-electron chi connectivity index (χ0n) is 16.6. The van der Waals surface area contributed by atoms with Gasteiger partial charge in [0.15, 0.2) is 17.3 Å². The van der Waals surface area contributed by atoms with Gasteiger partial charge < -0.3 is 5.32 Å². The summed E-state index contributed by atoms with van der Waals surface area (Å²) >= 11 is 0. The standard InChI is InChI=1S/C20H18F3N7O/c1-12(2)18-14(10-26-30(18)15-7-6-13(9-24-15)20(21,22)23)19(31)25-11-17-28-27-16-5-3-4-8-29(16)17/h3-10,12H,11H2,1-2H3,(H,25,31). The van der Waals surface area contributed by atoms with Crippen molar-refractivity contribution >= 4 is 11.6 Å². The molecule has 0 atom stereocenters. The maximum atomic E-state index is 12.8. The van der Waals surface area contributed by atoms with Gasteiger partial charge in [-0.2, -0.15) is 18.3 Å². The minimum absolute atomic E-state index is 0.138. The van der Waals surface area contributed by atoms with Crippen LogP contribution in [0.2, 0.25) is 0 Å². The van der Waals surface area contributed by atoms with Gasteiger partial charge in [-0.3, -0.25) is 9.20 Å². The van der Waals surface area contributed by atoms with E-state index >= 15 is 0 Å². The number of nitrogens with zero attached hydrogens (tertiary/aromatic N) is 6. The summed E-state index contributed by atoms with van der Waals surface area (Å²) in [5.41, 5.74) is 0.658. The monoisotopic (exact) mass is 429 g/mol. The van der Waals surface area contributed by atoms with Gasteiger partial charge in [-0.25, -0.2) is 9.67 Å². The van der Waals surface area contributed by atoms with E-state index in [1.165, 1.54) is 16.9 Å². The van der Waals surface area contributed by atoms with Crippen molar-refractivity contribution in [2.75, 3.05) is 0 Å². The summed E-state index contributed by atoms with van der Waals surface area (Å²) in [4.78, 5) is 16.7. The number of carbonyl (C=O) groups excluding carboxylic acids is 1. The Kier molecular flexibility index (Phi) is 5.17. The predicted octanol–water partition coefficient (Wildman–Crippen LogP) is 3.38. The van der Waals surface area contributed by atoms with Crippen LogP contribution in [0.25, 0.3) is 11.5 Å². The molecule has 1 amide bonds. The number of aromatic nitrogens is 6. The molecule has 0 saturated carbocycles. The van der Waals surface area contributed by atoms with Crippen molar-refractivity contribution in [3.8, 4) is 5.82 Å². The van der Waals surface area contributed by atoms with Crippen molar-refractivity contribution < 1.29 is 18.0 Å². The highest BCUT2D eigenvalue weighted by atomic mass is 19.4. The Morgan fingerprint density at radius 1 is 1.13 bits per heavy atom. The molecule has 11 heteroatoms. The highest BCUT2D eigenvalue weighted by Gasteiger charge is 2.31. The summed E-state index contributed by atoms with van der Waals surface area (Å²) in [6.07, 6.45) is -0.554. The smallest absolute Gasteiger partial charge is 0.345 e. The van der Waals surface area contributed by atoms with E-state index in [1.54, 1.807) is 16.7 Å². The van der Waals surface area contributed by atoms with Gasteiger partial charge in [-0.15, -0.1) is 10.2 Å². The van der Waals surface area contributed by atoms with Crippen LogP contribution in [0, 0.1) is 0 Å². The van der Waals surface area contributed by atoms with E-state index < -0.39 is 11.7 Å². The van der Waals surface area contributed by atoms with E-state index in [4.69, 9.17) is 0 Å². The highest BCUT2D eigenvalue weighted by molar-refractivity contribution is 5.95. The fourth-order valence-electron chi connectivity index (χ4n) is 3.22. The number of carbonyl (C=O) groups is 1. The second-order valence-corrected chi connectivity index (χ2v) is 7.14. The Bertz CT molecular complexity index is 1230. The number of hydrogen-bond donors (Lipinski definition) is 1. The number of rotatable bonds is 5. The van der Waals surface area contributed by atoms with Gasteiger partial charge in [0.25, 0.3) is 5.91 Å². The molecule has 0 aliphatic rings. The molecular weight excluding hydrogens is 411 g/mol. The maximum Gasteiger partial charge on any atom is 0.417 e. The molecule has 0 bridgehead atoms. The molecule has 1 N–H and O–H groups in total. The van der Waals surface area contributed by atoms with Crippen LogP contribution in [-0.4, -0.2) is 35.3 Å². The third kappa shape index (κ3) is 3.98. The Hall–Kier alpha value is -3.76. The number of fused-ring (bicyclic) bond motifs is 1. The maximum absolute atomic E-state index is 12.8. The van der Waals surface area contributed by atoms with Crippen LogP contribution in [0.4, 0.5) is 13.2 Å². The summed E-state index contributed by atoms with van der Waals surface area (Å²) < 4.78 is 41.6. The van der Waals surface area contributed by atoms with Crippen LogP contribution in [0.1, 0.15) is 47.2 Å². The predicted molar refractivity (Wildman–Crippen MR) is 105 cm³/mol. The lowest BCUT2D eigenvalue weighted by atomic mass is 10.1. The molecule has 4 aromatic heterocycles. The first-order valence-electron chi connectivity index (χ1n) is 9.44. The zero-order chi connectivity index (χ0) is 22.2. The van der Waals surface area contributed by atoms with Crippen LogP contribution in [0.5, 0.6) is 0 Å². The van der Waals surface area contributed by atoms with E-state index in [1.807, 2.05) is 26.0 Å². The summed E-state index contributed by atoms with van der Waals surface area (Å²) in [5.74, 6) is 0.238. The van der Waals surface area contributed by atoms with Crippen LogP contribution < -0.4 is 5.32 Å². The van der Waals surface area contributed by atoms with Gasteiger partial charge in [0.2, 0.25) is 0 Å². The van der Waals surface area contributed by atoms with Crippen LogP contribution in [0.3, 0.4) is 0 Å². The first-order chi connectivity index (χ1) is 14.8. The van der Waals surface area contributed by atoms with Crippen LogP contribution in [-0.2, 0) is 12.7 Å². The molecule has 8 nitrogen and oxygen atoms in total. The second kappa shape index (κ2) is 7.82. The molecule has 160 valence electrons. The molecule has 0 saturated heterocycles. The molecule has 4 aromatic rings. The summed E-state index contributed by atoms with van der Waals surface area (Å²) in [7, 11) is 0. The number of alkyl halides is 3.